The van der Waals surface area contributed by atoms with Gasteiger partial charge in [0.05, 0.1) is 0 Å². The van der Waals surface area contributed by atoms with Crippen molar-refractivity contribution in [2.45, 2.75) is 13.8 Å². The van der Waals surface area contributed by atoms with E-state index in [0.717, 1.165) is 26.2 Å². The minimum atomic E-state index is 0.502. The number of hydrogen-bond donors (Lipinski definition) is 3. The number of thiocarbonyl (C=S) groups is 1. The molecule has 0 saturated heterocycles. The van der Waals surface area contributed by atoms with E-state index in [-0.39, 0.29) is 0 Å². The molecule has 0 aromatic carbocycles. The van der Waals surface area contributed by atoms with E-state index in [1.807, 2.05) is 0 Å². The van der Waals surface area contributed by atoms with E-state index in [9.17, 15) is 0 Å². The number of nitrogens with zero attached hydrogens (tertiary/aromatic N) is 1. The van der Waals surface area contributed by atoms with Crippen LogP contribution in [-0.4, -0.2) is 36.2 Å². The van der Waals surface area contributed by atoms with Crippen molar-refractivity contribution >= 4 is 17.3 Å². The molecule has 5 heteroatoms. The Kier molecular flexibility index (Phi) is 7.03. The van der Waals surface area contributed by atoms with Gasteiger partial charge in [-0.05, 0) is 25.3 Å². The summed E-state index contributed by atoms with van der Waals surface area (Å²) in [6, 6.07) is 0. The third-order valence-corrected chi connectivity index (χ3v) is 2.00. The summed E-state index contributed by atoms with van der Waals surface area (Å²) in [6.07, 6.45) is 0. The van der Waals surface area contributed by atoms with Crippen LogP contribution in [0.1, 0.15) is 13.8 Å². The molecule has 72 valence electrons. The van der Waals surface area contributed by atoms with Crippen molar-refractivity contribution < 1.29 is 0 Å². The molecule has 0 atom stereocenters. The fourth-order valence-corrected chi connectivity index (χ4v) is 1.02. The van der Waals surface area contributed by atoms with Crippen LogP contribution in [0.3, 0.4) is 0 Å². The molecule has 0 aliphatic carbocycles. The number of nitrogens with one attached hydrogen (secondary N) is 2. The summed E-state index contributed by atoms with van der Waals surface area (Å²) >= 11 is 4.81. The zero-order chi connectivity index (χ0) is 9.40. The Bertz CT molecular complexity index is 125. The molecule has 0 bridgehead atoms. The molecular weight excluding hydrogens is 172 g/mol. The normalized spacial score (nSPS) is 10.0. The number of rotatable bonds is 5. The smallest absolute Gasteiger partial charge is 0.180 e. The molecule has 0 aliphatic rings. The molecule has 0 unspecified atom stereocenters. The molecule has 0 fully saturated rings. The first-order valence-electron chi connectivity index (χ1n) is 4.21. The summed E-state index contributed by atoms with van der Waals surface area (Å²) in [5.74, 6) is 5.09. The second-order valence-electron chi connectivity index (χ2n) is 2.43. The highest BCUT2D eigenvalue weighted by atomic mass is 32.1. The Morgan fingerprint density at radius 3 is 2.42 bits per heavy atom. The lowest BCUT2D eigenvalue weighted by atomic mass is 10.5. The Balaban J connectivity index is 3.34. The molecule has 0 saturated carbocycles. The van der Waals surface area contributed by atoms with E-state index in [1.165, 1.54) is 0 Å². The van der Waals surface area contributed by atoms with E-state index in [1.54, 1.807) is 0 Å². The number of hydrogen-bond acceptors (Lipinski definition) is 3. The topological polar surface area (TPSA) is 53.3 Å². The molecule has 12 heavy (non-hydrogen) atoms. The van der Waals surface area contributed by atoms with Crippen LogP contribution >= 0.6 is 12.2 Å². The summed E-state index contributed by atoms with van der Waals surface area (Å²) in [7, 11) is 0. The predicted molar refractivity (Wildman–Crippen MR) is 55.7 cm³/mol. The summed E-state index contributed by atoms with van der Waals surface area (Å²) in [6.45, 7) is 8.26. The van der Waals surface area contributed by atoms with Crippen LogP contribution in [0.25, 0.3) is 0 Å². The second-order valence-corrected chi connectivity index (χ2v) is 2.84. The molecule has 4 N–H and O–H groups in total. The predicted octanol–water partition coefficient (Wildman–Crippen LogP) is -0.334. The minimum Gasteiger partial charge on any atom is -0.360 e. The summed E-state index contributed by atoms with van der Waals surface area (Å²) in [5, 5.41) is 3.49. The molecular formula is C7H18N4S. The van der Waals surface area contributed by atoms with Crippen molar-refractivity contribution in [3.63, 3.8) is 0 Å². The first-order valence-corrected chi connectivity index (χ1v) is 4.62. The van der Waals surface area contributed by atoms with Gasteiger partial charge in [-0.2, -0.15) is 0 Å². The first kappa shape index (κ1) is 11.6. The fourth-order valence-electron chi connectivity index (χ4n) is 0.918. The van der Waals surface area contributed by atoms with Crippen molar-refractivity contribution in [2.75, 3.05) is 26.2 Å². The van der Waals surface area contributed by atoms with Crippen LogP contribution in [0.4, 0.5) is 0 Å². The molecule has 0 spiro atoms. The Morgan fingerprint density at radius 2 is 2.00 bits per heavy atom. The number of hydrazine groups is 1. The lowest BCUT2D eigenvalue weighted by Crippen LogP contribution is -2.42. The fraction of sp³-hybridized carbons (Fsp3) is 0.857. The lowest BCUT2D eigenvalue weighted by molar-refractivity contribution is 0.308. The highest BCUT2D eigenvalue weighted by Crippen LogP contribution is 1.83. The van der Waals surface area contributed by atoms with Crippen molar-refractivity contribution in [1.29, 1.82) is 0 Å². The zero-order valence-electron chi connectivity index (χ0n) is 7.76. The van der Waals surface area contributed by atoms with Crippen LogP contribution in [0, 0.1) is 0 Å². The van der Waals surface area contributed by atoms with Crippen molar-refractivity contribution in [1.82, 2.24) is 15.6 Å². The standard InChI is InChI=1S/C7H18N4S/c1-3-11(4-2)6-5-9-7(12)10-8/h3-6,8H2,1-2H3,(H2,9,10,12). The number of nitrogens with two attached hydrogens (primary N) is 1. The van der Waals surface area contributed by atoms with E-state index >= 15 is 0 Å². The van der Waals surface area contributed by atoms with Crippen molar-refractivity contribution in [2.24, 2.45) is 5.84 Å². The minimum absolute atomic E-state index is 0.502. The third-order valence-electron chi connectivity index (χ3n) is 1.74. The van der Waals surface area contributed by atoms with Crippen LogP contribution in [0.5, 0.6) is 0 Å². The van der Waals surface area contributed by atoms with Crippen molar-refractivity contribution in [3.05, 3.63) is 0 Å². The van der Waals surface area contributed by atoms with Crippen LogP contribution in [-0.2, 0) is 0 Å². The maximum atomic E-state index is 5.09. The largest absolute Gasteiger partial charge is 0.360 e. The van der Waals surface area contributed by atoms with Gasteiger partial charge in [-0.25, -0.2) is 5.84 Å². The van der Waals surface area contributed by atoms with Crippen LogP contribution < -0.4 is 16.6 Å². The lowest BCUT2D eigenvalue weighted by Gasteiger charge is -2.18. The zero-order valence-corrected chi connectivity index (χ0v) is 8.58. The second kappa shape index (κ2) is 7.27. The average Bonchev–Trinajstić information content (AvgIpc) is 2.12. The van der Waals surface area contributed by atoms with Gasteiger partial charge in [0.2, 0.25) is 0 Å². The van der Waals surface area contributed by atoms with Gasteiger partial charge in [0, 0.05) is 13.1 Å². The highest BCUT2D eigenvalue weighted by molar-refractivity contribution is 7.80. The maximum Gasteiger partial charge on any atom is 0.180 e. The van der Waals surface area contributed by atoms with Crippen LogP contribution in [0.15, 0.2) is 0 Å². The van der Waals surface area contributed by atoms with Gasteiger partial charge in [0.15, 0.2) is 5.11 Å². The first-order chi connectivity index (χ1) is 5.74. The molecule has 0 heterocycles. The van der Waals surface area contributed by atoms with Gasteiger partial charge in [-0.15, -0.1) is 0 Å². The van der Waals surface area contributed by atoms with Gasteiger partial charge in [0.25, 0.3) is 0 Å². The van der Waals surface area contributed by atoms with E-state index in [4.69, 9.17) is 18.1 Å². The van der Waals surface area contributed by atoms with Crippen LogP contribution in [0.2, 0.25) is 0 Å². The summed E-state index contributed by atoms with van der Waals surface area (Å²) < 4.78 is 0. The van der Waals surface area contributed by atoms with Gasteiger partial charge >= 0.3 is 0 Å². The van der Waals surface area contributed by atoms with E-state index in [2.05, 4.69) is 29.5 Å². The molecule has 0 amide bonds. The maximum absolute atomic E-state index is 5.09. The van der Waals surface area contributed by atoms with E-state index < -0.39 is 0 Å². The monoisotopic (exact) mass is 190 g/mol. The average molecular weight is 190 g/mol. The quantitative estimate of drug-likeness (QED) is 0.315. The van der Waals surface area contributed by atoms with Gasteiger partial charge < -0.3 is 15.6 Å². The molecule has 0 rings (SSSR count). The Labute approximate surface area is 79.5 Å². The molecule has 4 nitrogen and oxygen atoms in total. The van der Waals surface area contributed by atoms with E-state index in [0.29, 0.717) is 5.11 Å². The van der Waals surface area contributed by atoms with Crippen molar-refractivity contribution in [3.8, 4) is 0 Å². The molecule has 0 aromatic heterocycles. The molecule has 0 aromatic rings. The Hall–Kier alpha value is -0.390. The molecule has 0 aliphatic heterocycles. The van der Waals surface area contributed by atoms with Gasteiger partial charge in [0.1, 0.15) is 0 Å². The number of likely N-dealkylation sites (N-methyl/N-ethyl adjacent to an activating group) is 1. The van der Waals surface area contributed by atoms with Gasteiger partial charge in [-0.3, -0.25) is 0 Å². The summed E-state index contributed by atoms with van der Waals surface area (Å²) in [4.78, 5) is 2.31. The highest BCUT2D eigenvalue weighted by Gasteiger charge is 1.97. The molecule has 0 radical (unpaired) electrons. The SMILES string of the molecule is CCN(CC)CCNC(=S)NN. The Morgan fingerprint density at radius 1 is 1.42 bits per heavy atom. The third kappa shape index (κ3) is 5.29. The summed E-state index contributed by atoms with van der Waals surface area (Å²) in [5.41, 5.74) is 2.38. The van der Waals surface area contributed by atoms with Gasteiger partial charge in [-0.1, -0.05) is 13.8 Å².